The van der Waals surface area contributed by atoms with E-state index in [1.807, 2.05) is 0 Å². The lowest BCUT2D eigenvalue weighted by Crippen LogP contribution is -2.65. The molecule has 3 aliphatic heterocycles. The molecule has 4 aliphatic rings. The van der Waals surface area contributed by atoms with Crippen molar-refractivity contribution in [1.82, 2.24) is 0 Å². The Bertz CT molecular complexity index is 897. The first-order chi connectivity index (χ1) is 16.1. The Morgan fingerprint density at radius 3 is 2.48 bits per heavy atom. The van der Waals surface area contributed by atoms with Crippen LogP contribution in [-0.2, 0) is 21.6 Å². The van der Waals surface area contributed by atoms with E-state index in [2.05, 4.69) is 30.3 Å². The highest BCUT2D eigenvalue weighted by atomic mass is 16.6. The Morgan fingerprint density at radius 2 is 1.79 bits per heavy atom. The molecule has 1 aromatic carbocycles. The van der Waals surface area contributed by atoms with Crippen molar-refractivity contribution in [2.75, 3.05) is 26.2 Å². The minimum atomic E-state index is -1.67. The van der Waals surface area contributed by atoms with Gasteiger partial charge in [0.05, 0.1) is 25.9 Å². The third-order valence-electron chi connectivity index (χ3n) is 8.64. The van der Waals surface area contributed by atoms with Crippen LogP contribution in [0.1, 0.15) is 62.7 Å². The van der Waals surface area contributed by atoms with Crippen LogP contribution in [0.15, 0.2) is 53.1 Å². The molecule has 5 nitrogen and oxygen atoms in total. The molecule has 1 aromatic heterocycles. The van der Waals surface area contributed by atoms with E-state index in [1.165, 1.54) is 24.9 Å². The summed E-state index contributed by atoms with van der Waals surface area (Å²) in [7, 11) is 0. The molecule has 4 fully saturated rings. The fourth-order valence-corrected chi connectivity index (χ4v) is 6.64. The number of furan rings is 1. The first kappa shape index (κ1) is 22.7. The number of quaternary nitrogens is 1. The summed E-state index contributed by atoms with van der Waals surface area (Å²) in [6.07, 6.45) is 10.8. The van der Waals surface area contributed by atoms with E-state index in [4.69, 9.17) is 9.15 Å². The van der Waals surface area contributed by atoms with Crippen molar-refractivity contribution in [1.29, 1.82) is 0 Å². The Balaban J connectivity index is 1.26. The van der Waals surface area contributed by atoms with Gasteiger partial charge >= 0.3 is 5.97 Å². The van der Waals surface area contributed by atoms with Crippen molar-refractivity contribution in [2.24, 2.45) is 11.8 Å². The normalized spacial score (nSPS) is 29.5. The maximum Gasteiger partial charge on any atom is 0.346 e. The van der Waals surface area contributed by atoms with Crippen molar-refractivity contribution < 1.29 is 23.5 Å². The molecule has 6 rings (SSSR count). The summed E-state index contributed by atoms with van der Waals surface area (Å²) < 4.78 is 12.8. The zero-order chi connectivity index (χ0) is 22.7. The predicted octanol–water partition coefficient (Wildman–Crippen LogP) is 4.83. The number of carbonyl (C=O) groups excluding carboxylic acids is 1. The van der Waals surface area contributed by atoms with E-state index >= 15 is 0 Å². The number of fused-ring (bicyclic) bond motifs is 3. The molecule has 0 spiro atoms. The average molecular weight is 453 g/mol. The molecule has 1 aliphatic carbocycles. The van der Waals surface area contributed by atoms with Crippen LogP contribution in [0.3, 0.4) is 0 Å². The lowest BCUT2D eigenvalue weighted by Gasteiger charge is -2.52. The molecule has 5 heteroatoms. The monoisotopic (exact) mass is 452 g/mol. The topological polar surface area (TPSA) is 59.7 Å². The van der Waals surface area contributed by atoms with Gasteiger partial charge in [-0.2, -0.15) is 0 Å². The summed E-state index contributed by atoms with van der Waals surface area (Å²) in [5.74, 6) is 0.119. The maximum atomic E-state index is 13.6. The second-order valence-electron chi connectivity index (χ2n) is 10.6. The molecule has 2 bridgehead atoms. The molecule has 0 amide bonds. The Hall–Kier alpha value is -2.11. The van der Waals surface area contributed by atoms with E-state index < -0.39 is 11.6 Å². The number of hydrogen-bond acceptors (Lipinski definition) is 4. The van der Waals surface area contributed by atoms with Crippen molar-refractivity contribution in [3.63, 3.8) is 0 Å². The fraction of sp³-hybridized carbons (Fsp3) is 0.607. The minimum Gasteiger partial charge on any atom is -0.466 e. The standard InChI is InChI=1S/C28H38NO4/c30-27(28(31,26-14-8-20-32-26)24-12-5-2-6-13-24)33-25-21-29(18-15-23(25)16-19-29)17-7-11-22-9-3-1-4-10-22/h1,3-4,8-10,14,20,23-25,31H,2,5-7,11-13,15-19,21H2/q+1/t23?,25-,28-,29?/m0/s1. The second kappa shape index (κ2) is 9.63. The first-order valence-corrected chi connectivity index (χ1v) is 13.0. The highest BCUT2D eigenvalue weighted by Gasteiger charge is 2.53. The third-order valence-corrected chi connectivity index (χ3v) is 8.64. The van der Waals surface area contributed by atoms with Crippen LogP contribution < -0.4 is 0 Å². The van der Waals surface area contributed by atoms with Crippen LogP contribution in [0.25, 0.3) is 0 Å². The summed E-state index contributed by atoms with van der Waals surface area (Å²) in [6, 6.07) is 14.2. The van der Waals surface area contributed by atoms with E-state index in [0.29, 0.717) is 11.7 Å². The summed E-state index contributed by atoms with van der Waals surface area (Å²) in [4.78, 5) is 13.6. The third kappa shape index (κ3) is 4.63. The Kier molecular flexibility index (Phi) is 6.62. The Morgan fingerprint density at radius 1 is 1.03 bits per heavy atom. The lowest BCUT2D eigenvalue weighted by atomic mass is 9.75. The van der Waals surface area contributed by atoms with E-state index in [9.17, 15) is 9.90 Å². The number of piperidine rings is 3. The van der Waals surface area contributed by atoms with Crippen LogP contribution >= 0.6 is 0 Å². The SMILES string of the molecule is O=C(O[C@H]1C[N+]2(CCCc3ccccc3)CCC1CC2)[C@@](O)(c1ccco1)C1CCCCC1. The van der Waals surface area contributed by atoms with Gasteiger partial charge < -0.3 is 18.7 Å². The molecule has 178 valence electrons. The van der Waals surface area contributed by atoms with Gasteiger partial charge in [0, 0.05) is 31.1 Å². The number of carbonyl (C=O) groups is 1. The zero-order valence-electron chi connectivity index (χ0n) is 19.7. The van der Waals surface area contributed by atoms with Crippen LogP contribution in [0, 0.1) is 11.8 Å². The van der Waals surface area contributed by atoms with Gasteiger partial charge in [-0.25, -0.2) is 4.79 Å². The highest BCUT2D eigenvalue weighted by Crippen LogP contribution is 2.42. The molecule has 1 N–H and O–H groups in total. The van der Waals surface area contributed by atoms with Crippen LogP contribution in [0.5, 0.6) is 0 Å². The summed E-state index contributed by atoms with van der Waals surface area (Å²) in [6.45, 7) is 4.36. The molecule has 33 heavy (non-hydrogen) atoms. The smallest absolute Gasteiger partial charge is 0.346 e. The number of rotatable bonds is 8. The number of ether oxygens (including phenoxy) is 1. The largest absolute Gasteiger partial charge is 0.466 e. The predicted molar refractivity (Wildman–Crippen MR) is 126 cm³/mol. The van der Waals surface area contributed by atoms with E-state index in [1.54, 1.807) is 12.1 Å². The second-order valence-corrected chi connectivity index (χ2v) is 10.6. The molecular weight excluding hydrogens is 414 g/mol. The van der Waals surface area contributed by atoms with Gasteiger partial charge in [0.2, 0.25) is 5.60 Å². The van der Waals surface area contributed by atoms with Gasteiger partial charge in [0.1, 0.15) is 12.3 Å². The van der Waals surface area contributed by atoms with Crippen molar-refractivity contribution in [2.45, 2.75) is 69.5 Å². The fourth-order valence-electron chi connectivity index (χ4n) is 6.64. The molecule has 4 heterocycles. The zero-order valence-corrected chi connectivity index (χ0v) is 19.7. The number of aliphatic hydroxyl groups is 1. The van der Waals surface area contributed by atoms with Crippen molar-refractivity contribution in [3.05, 3.63) is 60.1 Å². The van der Waals surface area contributed by atoms with Crippen molar-refractivity contribution >= 4 is 5.97 Å². The number of benzene rings is 1. The number of esters is 1. The van der Waals surface area contributed by atoms with Crippen LogP contribution in [-0.4, -0.2) is 47.8 Å². The first-order valence-electron chi connectivity index (χ1n) is 13.0. The average Bonchev–Trinajstić information content (AvgIpc) is 3.41. The lowest BCUT2D eigenvalue weighted by molar-refractivity contribution is -0.946. The van der Waals surface area contributed by atoms with Gasteiger partial charge in [-0.1, -0.05) is 49.6 Å². The van der Waals surface area contributed by atoms with E-state index in [-0.39, 0.29) is 12.0 Å². The van der Waals surface area contributed by atoms with Crippen LogP contribution in [0.4, 0.5) is 0 Å². The van der Waals surface area contributed by atoms with Gasteiger partial charge in [0.15, 0.2) is 6.10 Å². The molecule has 2 atom stereocenters. The molecule has 0 radical (unpaired) electrons. The van der Waals surface area contributed by atoms with Gasteiger partial charge in [-0.15, -0.1) is 0 Å². The quantitative estimate of drug-likeness (QED) is 0.460. The highest BCUT2D eigenvalue weighted by molar-refractivity contribution is 5.81. The van der Waals surface area contributed by atoms with Gasteiger partial charge in [0.25, 0.3) is 0 Å². The number of nitrogens with zero attached hydrogens (tertiary/aromatic N) is 1. The molecular formula is C28H38NO4+. The molecule has 3 saturated heterocycles. The van der Waals surface area contributed by atoms with Gasteiger partial charge in [-0.05, 0) is 37.0 Å². The summed E-state index contributed by atoms with van der Waals surface area (Å²) in [5.41, 5.74) is -0.282. The van der Waals surface area contributed by atoms with E-state index in [0.717, 1.165) is 75.4 Å². The molecule has 1 saturated carbocycles. The molecule has 2 aromatic rings. The minimum absolute atomic E-state index is 0.109. The van der Waals surface area contributed by atoms with Crippen LogP contribution in [0.2, 0.25) is 0 Å². The summed E-state index contributed by atoms with van der Waals surface area (Å²) >= 11 is 0. The number of aryl methyl sites for hydroxylation is 1. The van der Waals surface area contributed by atoms with Gasteiger partial charge in [-0.3, -0.25) is 0 Å². The maximum absolute atomic E-state index is 13.6. The summed E-state index contributed by atoms with van der Waals surface area (Å²) in [5, 5.41) is 11.7. The Labute approximate surface area is 197 Å². The van der Waals surface area contributed by atoms with Crippen molar-refractivity contribution in [3.8, 4) is 0 Å². The molecule has 0 unspecified atom stereocenters. The number of hydrogen-bond donors (Lipinski definition) is 1.